The molecule has 2 aromatic heterocycles. The minimum atomic E-state index is -0.460. The van der Waals surface area contributed by atoms with E-state index in [-0.39, 0.29) is 40.4 Å². The maximum Gasteiger partial charge on any atom is 0.410 e. The van der Waals surface area contributed by atoms with Crippen molar-refractivity contribution in [2.75, 3.05) is 31.6 Å². The number of hydrogen-bond acceptors (Lipinski definition) is 7. The van der Waals surface area contributed by atoms with E-state index in [0.29, 0.717) is 51.1 Å². The predicted octanol–water partition coefficient (Wildman–Crippen LogP) is 7.32. The van der Waals surface area contributed by atoms with Crippen LogP contribution in [0, 0.1) is 25.2 Å². The van der Waals surface area contributed by atoms with Crippen molar-refractivity contribution in [2.24, 2.45) is 11.3 Å². The predicted molar refractivity (Wildman–Crippen MR) is 197 cm³/mol. The quantitative estimate of drug-likeness (QED) is 0.263. The third-order valence-electron chi connectivity index (χ3n) is 12.5. The molecule has 0 spiro atoms. The maximum atomic E-state index is 14.7. The van der Waals surface area contributed by atoms with Crippen molar-refractivity contribution in [3.63, 3.8) is 0 Å². The molecule has 4 saturated carbocycles. The molecular formula is C41H55N5O5. The van der Waals surface area contributed by atoms with Gasteiger partial charge in [-0.1, -0.05) is 12.1 Å². The highest BCUT2D eigenvalue weighted by atomic mass is 16.6. The van der Waals surface area contributed by atoms with Crippen molar-refractivity contribution in [3.05, 3.63) is 59.5 Å². The van der Waals surface area contributed by atoms with Gasteiger partial charge in [0.2, 0.25) is 5.91 Å². The van der Waals surface area contributed by atoms with Gasteiger partial charge in [-0.05, 0) is 144 Å². The molecule has 3 aromatic rings. The molecule has 51 heavy (non-hydrogen) atoms. The van der Waals surface area contributed by atoms with Crippen molar-refractivity contribution in [1.82, 2.24) is 19.7 Å². The molecule has 1 aliphatic heterocycles. The fourth-order valence-corrected chi connectivity index (χ4v) is 9.17. The zero-order valence-corrected chi connectivity index (χ0v) is 31.3. The molecule has 5 aliphatic rings. The number of anilines is 1. The summed E-state index contributed by atoms with van der Waals surface area (Å²) in [6.45, 7) is 12.0. The van der Waals surface area contributed by atoms with Gasteiger partial charge in [0.25, 0.3) is 0 Å². The van der Waals surface area contributed by atoms with Crippen LogP contribution in [0.3, 0.4) is 0 Å². The van der Waals surface area contributed by atoms with E-state index in [2.05, 4.69) is 64.1 Å². The number of hydrogen-bond donors (Lipinski definition) is 1. The number of nitrogens with zero attached hydrogens (tertiary/aromatic N) is 5. The number of benzene rings is 1. The smallest absolute Gasteiger partial charge is 0.410 e. The van der Waals surface area contributed by atoms with Gasteiger partial charge in [0, 0.05) is 30.4 Å². The third kappa shape index (κ3) is 7.00. The molecule has 2 amide bonds. The number of aliphatic hydroxyl groups is 1. The molecule has 0 radical (unpaired) electrons. The standard InChI is InChI=1S/C41H55N5O5/c1-27-19-32(20-28(2)36(27)50-6)41-15-12-40(13-16-41,14-17-41)26-45(35-21-30(11-18-42-35)31-22-43-46(23-31)39(3,4)5)37(48)29-7-9-34(10-8-29)51-38(49)44-24-33(47)25-44/h11,18-23,29,33-34,47H,7-10,12-17,24-26H2,1-6H3/t29-,34-,40?,41?. The molecule has 1 saturated heterocycles. The molecule has 3 heterocycles. The first-order valence-electron chi connectivity index (χ1n) is 18.9. The minimum Gasteiger partial charge on any atom is -0.496 e. The normalized spacial score (nSPS) is 26.5. The summed E-state index contributed by atoms with van der Waals surface area (Å²) in [6, 6.07) is 8.75. The van der Waals surface area contributed by atoms with Crippen LogP contribution in [0.5, 0.6) is 5.75 Å². The Balaban J connectivity index is 1.11. The number of methoxy groups -OCH3 is 1. The first kappa shape index (κ1) is 35.5. The van der Waals surface area contributed by atoms with E-state index in [0.717, 1.165) is 55.4 Å². The Kier molecular flexibility index (Phi) is 9.44. The first-order chi connectivity index (χ1) is 24.3. The van der Waals surface area contributed by atoms with Crippen LogP contribution in [0.2, 0.25) is 0 Å². The van der Waals surface area contributed by atoms with Crippen LogP contribution < -0.4 is 9.64 Å². The highest BCUT2D eigenvalue weighted by Gasteiger charge is 2.51. The molecule has 0 unspecified atom stereocenters. The molecule has 10 nitrogen and oxygen atoms in total. The van der Waals surface area contributed by atoms with Crippen LogP contribution in [0.4, 0.5) is 10.6 Å². The van der Waals surface area contributed by atoms with Crippen molar-refractivity contribution < 1.29 is 24.2 Å². The van der Waals surface area contributed by atoms with Crippen molar-refractivity contribution in [3.8, 4) is 16.9 Å². The topological polar surface area (TPSA) is 110 Å². The fourth-order valence-electron chi connectivity index (χ4n) is 9.17. The van der Waals surface area contributed by atoms with Crippen LogP contribution in [-0.2, 0) is 20.5 Å². The Hall–Kier alpha value is -3.92. The largest absolute Gasteiger partial charge is 0.496 e. The summed E-state index contributed by atoms with van der Waals surface area (Å²) in [5.74, 6) is 1.64. The number of pyridine rings is 1. The number of carbonyl (C=O) groups excluding carboxylic acids is 2. The molecule has 2 bridgehead atoms. The minimum absolute atomic E-state index is 0.0390. The van der Waals surface area contributed by atoms with Gasteiger partial charge in [0.15, 0.2) is 0 Å². The van der Waals surface area contributed by atoms with Gasteiger partial charge in [-0.3, -0.25) is 14.4 Å². The number of amides is 2. The lowest BCUT2D eigenvalue weighted by Crippen LogP contribution is -2.54. The van der Waals surface area contributed by atoms with Crippen molar-refractivity contribution in [2.45, 2.75) is 122 Å². The highest BCUT2D eigenvalue weighted by molar-refractivity contribution is 5.95. The number of β-amino-alcohol motifs (C(OH)–C–C–N with tert-alkyl or cyclic N) is 1. The van der Waals surface area contributed by atoms with E-state index in [1.165, 1.54) is 21.6 Å². The Bertz CT molecular complexity index is 1720. The van der Waals surface area contributed by atoms with E-state index in [1.54, 1.807) is 7.11 Å². The Morgan fingerprint density at radius 2 is 1.61 bits per heavy atom. The lowest BCUT2D eigenvalue weighted by molar-refractivity contribution is -0.124. The van der Waals surface area contributed by atoms with E-state index in [4.69, 9.17) is 14.5 Å². The average Bonchev–Trinajstić information content (AvgIpc) is 3.62. The number of aromatic nitrogens is 3. The molecule has 1 N–H and O–H groups in total. The molecule has 10 heteroatoms. The summed E-state index contributed by atoms with van der Waals surface area (Å²) < 4.78 is 13.4. The summed E-state index contributed by atoms with van der Waals surface area (Å²) in [5.41, 5.74) is 5.90. The van der Waals surface area contributed by atoms with Crippen LogP contribution in [0.1, 0.15) is 102 Å². The first-order valence-corrected chi connectivity index (χ1v) is 18.9. The number of aliphatic hydroxyl groups excluding tert-OH is 1. The van der Waals surface area contributed by atoms with E-state index in [9.17, 15) is 14.7 Å². The molecule has 4 aliphatic carbocycles. The van der Waals surface area contributed by atoms with Crippen molar-refractivity contribution in [1.29, 1.82) is 0 Å². The molecule has 1 aromatic carbocycles. The van der Waals surface area contributed by atoms with Crippen LogP contribution >= 0.6 is 0 Å². The molecule has 0 atom stereocenters. The lowest BCUT2D eigenvalue weighted by Gasteiger charge is -2.55. The second-order valence-corrected chi connectivity index (χ2v) is 17.0. The average molecular weight is 698 g/mol. The summed E-state index contributed by atoms with van der Waals surface area (Å²) in [5, 5.41) is 14.2. The fraction of sp³-hybridized carbons (Fsp3) is 0.610. The van der Waals surface area contributed by atoms with Crippen molar-refractivity contribution >= 4 is 17.8 Å². The molecular weight excluding hydrogens is 642 g/mol. The number of aryl methyl sites for hydroxylation is 2. The van der Waals surface area contributed by atoms with E-state index >= 15 is 0 Å². The summed E-state index contributed by atoms with van der Waals surface area (Å²) >= 11 is 0. The second kappa shape index (κ2) is 13.6. The molecule has 274 valence electrons. The van der Waals surface area contributed by atoms with Crippen LogP contribution in [0.15, 0.2) is 42.9 Å². The number of likely N-dealkylation sites (tertiary alicyclic amines) is 1. The van der Waals surface area contributed by atoms with E-state index in [1.807, 2.05) is 28.0 Å². The molecule has 5 fully saturated rings. The number of ether oxygens (including phenoxy) is 2. The Morgan fingerprint density at radius 1 is 0.961 bits per heavy atom. The second-order valence-electron chi connectivity index (χ2n) is 17.0. The Labute approximate surface area is 302 Å². The highest BCUT2D eigenvalue weighted by Crippen LogP contribution is 2.58. The summed E-state index contributed by atoms with van der Waals surface area (Å²) in [7, 11) is 1.75. The van der Waals surface area contributed by atoms with Gasteiger partial charge < -0.3 is 19.5 Å². The van der Waals surface area contributed by atoms with Gasteiger partial charge in [-0.2, -0.15) is 5.10 Å². The van der Waals surface area contributed by atoms with Gasteiger partial charge in [0.1, 0.15) is 17.7 Å². The monoisotopic (exact) mass is 697 g/mol. The van der Waals surface area contributed by atoms with Gasteiger partial charge >= 0.3 is 6.09 Å². The maximum absolute atomic E-state index is 14.7. The van der Waals surface area contributed by atoms with Gasteiger partial charge in [-0.15, -0.1) is 0 Å². The summed E-state index contributed by atoms with van der Waals surface area (Å²) in [4.78, 5) is 35.6. The van der Waals surface area contributed by atoms with E-state index < -0.39 is 6.10 Å². The van der Waals surface area contributed by atoms with Crippen LogP contribution in [0.25, 0.3) is 11.1 Å². The SMILES string of the molecule is COc1c(C)cc(C23CCC(CN(c4cc(-c5cnn(C(C)(C)C)c5)ccn4)C(=O)[C@H]4CC[C@H](OC(=O)N5CC(O)C5)CC4)(CC2)CC3)cc1C. The summed E-state index contributed by atoms with van der Waals surface area (Å²) in [6.07, 6.45) is 14.0. The van der Waals surface area contributed by atoms with Crippen LogP contribution in [-0.4, -0.2) is 75.7 Å². The zero-order valence-electron chi connectivity index (χ0n) is 31.3. The Morgan fingerprint density at radius 3 is 2.18 bits per heavy atom. The number of carbonyl (C=O) groups is 2. The third-order valence-corrected chi connectivity index (χ3v) is 12.5. The molecule has 8 rings (SSSR count). The zero-order chi connectivity index (χ0) is 36.1. The van der Waals surface area contributed by atoms with Gasteiger partial charge in [0.05, 0.1) is 38.0 Å². The number of rotatable bonds is 8. The number of fused-ring (bicyclic) bond motifs is 3. The van der Waals surface area contributed by atoms with Gasteiger partial charge in [-0.25, -0.2) is 9.78 Å². The lowest BCUT2D eigenvalue weighted by atomic mass is 9.51.